The van der Waals surface area contributed by atoms with Crippen LogP contribution in [0.2, 0.25) is 0 Å². The molecular weight excluding hydrogens is 553 g/mol. The van der Waals surface area contributed by atoms with Gasteiger partial charge in [0.05, 0.1) is 17.9 Å². The molecular formula is C34H36FN9. The molecule has 0 bridgehead atoms. The number of hydrogen-bond donors (Lipinski definition) is 1. The zero-order valence-electron chi connectivity index (χ0n) is 25.3. The van der Waals surface area contributed by atoms with Gasteiger partial charge in [0.2, 0.25) is 0 Å². The maximum atomic E-state index is 14.7. The summed E-state index contributed by atoms with van der Waals surface area (Å²) in [5.41, 5.74) is 11.7. The van der Waals surface area contributed by atoms with Crippen LogP contribution in [0.3, 0.4) is 0 Å². The van der Waals surface area contributed by atoms with Crippen molar-refractivity contribution in [2.45, 2.75) is 27.3 Å². The van der Waals surface area contributed by atoms with E-state index in [0.717, 1.165) is 38.4 Å². The summed E-state index contributed by atoms with van der Waals surface area (Å²) in [5.74, 6) is 0.649. The molecule has 224 valence electrons. The molecule has 0 aliphatic carbocycles. The Morgan fingerprint density at radius 2 is 1.75 bits per heavy atom. The van der Waals surface area contributed by atoms with Gasteiger partial charge in [-0.15, -0.1) is 0 Å². The minimum Gasteiger partial charge on any atom is -0.383 e. The van der Waals surface area contributed by atoms with Crippen molar-refractivity contribution in [2.75, 3.05) is 38.6 Å². The number of aliphatic imine (C=N–C) groups is 1. The van der Waals surface area contributed by atoms with Gasteiger partial charge in [0.15, 0.2) is 11.5 Å². The van der Waals surface area contributed by atoms with Crippen molar-refractivity contribution in [1.82, 2.24) is 29.3 Å². The Balaban J connectivity index is 1.41. The van der Waals surface area contributed by atoms with E-state index in [1.54, 1.807) is 38.3 Å². The van der Waals surface area contributed by atoms with E-state index in [9.17, 15) is 9.65 Å². The predicted molar refractivity (Wildman–Crippen MR) is 175 cm³/mol. The highest BCUT2D eigenvalue weighted by Crippen LogP contribution is 2.32. The van der Waals surface area contributed by atoms with Gasteiger partial charge in [-0.2, -0.15) is 5.26 Å². The molecule has 0 saturated carbocycles. The number of nitrogen functional groups attached to an aromatic ring is 1. The smallest absolute Gasteiger partial charge is 0.165 e. The van der Waals surface area contributed by atoms with Crippen molar-refractivity contribution >= 4 is 28.3 Å². The lowest BCUT2D eigenvalue weighted by Gasteiger charge is -2.33. The molecule has 0 amide bonds. The fourth-order valence-corrected chi connectivity index (χ4v) is 5.26. The third kappa shape index (κ3) is 6.64. The summed E-state index contributed by atoms with van der Waals surface area (Å²) < 4.78 is 16.6. The van der Waals surface area contributed by atoms with Gasteiger partial charge < -0.3 is 5.73 Å². The average Bonchev–Trinajstić information content (AvgIpc) is 3.43. The molecule has 2 N–H and O–H groups in total. The summed E-state index contributed by atoms with van der Waals surface area (Å²) in [6, 6.07) is 17.8. The lowest BCUT2D eigenvalue weighted by molar-refractivity contribution is 0.130. The number of piperazine rings is 1. The molecule has 1 aromatic carbocycles. The van der Waals surface area contributed by atoms with E-state index in [-0.39, 0.29) is 5.83 Å². The molecule has 1 saturated heterocycles. The van der Waals surface area contributed by atoms with E-state index in [1.807, 2.05) is 35.8 Å². The Morgan fingerprint density at radius 3 is 2.41 bits per heavy atom. The fraction of sp³-hybridized carbons (Fsp3) is 0.265. The Hall–Kier alpha value is -4.98. The highest BCUT2D eigenvalue weighted by molar-refractivity contribution is 6.07. The molecule has 0 unspecified atom stereocenters. The second-order valence-electron chi connectivity index (χ2n) is 10.4. The molecule has 1 fully saturated rings. The average molecular weight is 590 g/mol. The van der Waals surface area contributed by atoms with E-state index in [1.165, 1.54) is 11.6 Å². The zero-order valence-corrected chi connectivity index (χ0v) is 25.3. The minimum atomic E-state index is -0.333. The number of nitriles is 1. The molecule has 1 aliphatic rings. The number of aromatic nitrogens is 4. The Bertz CT molecular complexity index is 1780. The van der Waals surface area contributed by atoms with Crippen molar-refractivity contribution in [2.24, 2.45) is 4.99 Å². The number of pyridine rings is 2. The summed E-state index contributed by atoms with van der Waals surface area (Å²) in [4.78, 5) is 23.1. The van der Waals surface area contributed by atoms with Crippen LogP contribution < -0.4 is 5.73 Å². The zero-order chi connectivity index (χ0) is 31.1. The topological polar surface area (TPSA) is 112 Å². The first-order chi connectivity index (χ1) is 21.4. The molecule has 4 heterocycles. The molecule has 9 nitrogen and oxygen atoms in total. The first kappa shape index (κ1) is 30.5. The molecule has 4 aromatic rings. The lowest BCUT2D eigenvalue weighted by atomic mass is 10.1. The largest absolute Gasteiger partial charge is 0.383 e. The van der Waals surface area contributed by atoms with E-state index in [2.05, 4.69) is 50.1 Å². The molecule has 10 heteroatoms. The van der Waals surface area contributed by atoms with Gasteiger partial charge in [0, 0.05) is 50.2 Å². The van der Waals surface area contributed by atoms with Gasteiger partial charge >= 0.3 is 0 Å². The number of halogens is 1. The van der Waals surface area contributed by atoms with Crippen LogP contribution in [-0.4, -0.2) is 67.9 Å². The van der Waals surface area contributed by atoms with Crippen molar-refractivity contribution < 1.29 is 4.39 Å². The second kappa shape index (κ2) is 14.0. The van der Waals surface area contributed by atoms with Gasteiger partial charge in [0.25, 0.3) is 0 Å². The first-order valence-electron chi connectivity index (χ1n) is 14.7. The predicted octanol–water partition coefficient (Wildman–Crippen LogP) is 5.96. The summed E-state index contributed by atoms with van der Waals surface area (Å²) >= 11 is 0. The van der Waals surface area contributed by atoms with Crippen LogP contribution in [-0.2, 0) is 6.54 Å². The normalized spacial score (nSPS) is 15.8. The maximum Gasteiger partial charge on any atom is 0.165 e. The van der Waals surface area contributed by atoms with Crippen LogP contribution >= 0.6 is 0 Å². The summed E-state index contributed by atoms with van der Waals surface area (Å²) in [7, 11) is 0. The van der Waals surface area contributed by atoms with Crippen LogP contribution in [0.15, 0.2) is 89.9 Å². The van der Waals surface area contributed by atoms with Gasteiger partial charge in [-0.3, -0.25) is 19.4 Å². The van der Waals surface area contributed by atoms with E-state index < -0.39 is 0 Å². The number of nitrogens with zero attached hydrogens (tertiary/aromatic N) is 8. The van der Waals surface area contributed by atoms with E-state index in [0.29, 0.717) is 52.0 Å². The molecule has 3 aromatic heterocycles. The van der Waals surface area contributed by atoms with Crippen LogP contribution in [0.5, 0.6) is 0 Å². The van der Waals surface area contributed by atoms with Crippen LogP contribution in [0, 0.1) is 11.3 Å². The van der Waals surface area contributed by atoms with Crippen molar-refractivity contribution in [3.63, 3.8) is 0 Å². The maximum absolute atomic E-state index is 14.7. The Kier molecular flexibility index (Phi) is 9.69. The van der Waals surface area contributed by atoms with Crippen molar-refractivity contribution in [3.05, 3.63) is 96.1 Å². The van der Waals surface area contributed by atoms with Crippen molar-refractivity contribution in [1.29, 1.82) is 5.26 Å². The van der Waals surface area contributed by atoms with E-state index >= 15 is 0 Å². The Labute approximate surface area is 257 Å². The molecule has 1 aliphatic heterocycles. The minimum absolute atomic E-state index is 0.333. The quantitative estimate of drug-likeness (QED) is 0.189. The molecule has 0 spiro atoms. The summed E-state index contributed by atoms with van der Waals surface area (Å²) in [5, 5.41) is 9.19. The van der Waals surface area contributed by atoms with Crippen LogP contribution in [0.1, 0.15) is 32.0 Å². The number of fused-ring (bicyclic) bond motifs is 1. The Morgan fingerprint density at radius 1 is 1.00 bits per heavy atom. The molecule has 0 atom stereocenters. The van der Waals surface area contributed by atoms with Crippen molar-refractivity contribution in [3.8, 4) is 23.1 Å². The highest BCUT2D eigenvalue weighted by atomic mass is 19.1. The van der Waals surface area contributed by atoms with Gasteiger partial charge in [-0.25, -0.2) is 19.3 Å². The number of allylic oxidation sites excluding steroid dienone is 6. The fourth-order valence-electron chi connectivity index (χ4n) is 5.26. The standard InChI is InChI=1S/C34H36FN9/c1-4-8-25(21-36)39-23-43-19-17-42(18-20-43)22-24-10-12-26(13-11-24)44-33(28-9-7-16-38-32(28)37)41-31-15-14-30(40-34(31)44)27(5-2)29(35)6-3/h4-16H,17-20,22-23H2,1-3H3,(H2,37,38)/b8-4-,27-5+,29-6+,39-25+. The lowest BCUT2D eigenvalue weighted by Crippen LogP contribution is -2.45. The third-order valence-electron chi connectivity index (χ3n) is 7.61. The summed E-state index contributed by atoms with van der Waals surface area (Å²) in [6.07, 6.45) is 8.37. The summed E-state index contributed by atoms with van der Waals surface area (Å²) in [6.45, 7) is 10.3. The van der Waals surface area contributed by atoms with Gasteiger partial charge in [-0.1, -0.05) is 30.4 Å². The molecule has 5 rings (SSSR count). The number of imidazole rings is 1. The monoisotopic (exact) mass is 589 g/mol. The first-order valence-corrected chi connectivity index (χ1v) is 14.7. The number of anilines is 1. The number of nitrogens with two attached hydrogens (primary N) is 1. The van der Waals surface area contributed by atoms with Gasteiger partial charge in [-0.05, 0) is 68.8 Å². The number of rotatable bonds is 9. The highest BCUT2D eigenvalue weighted by Gasteiger charge is 2.20. The SMILES string of the molecule is C/C=C\C(C#N)=N/CN1CCN(Cc2ccc(-n3c(-c4cccnc4N)nc4ccc(C(=C/C)/C(F)=C\C)nc43)cc2)CC1. The van der Waals surface area contributed by atoms with Crippen LogP contribution in [0.25, 0.3) is 33.8 Å². The van der Waals surface area contributed by atoms with E-state index in [4.69, 9.17) is 15.7 Å². The molecule has 0 radical (unpaired) electrons. The van der Waals surface area contributed by atoms with Crippen LogP contribution in [0.4, 0.5) is 10.2 Å². The third-order valence-corrected chi connectivity index (χ3v) is 7.61. The number of benzene rings is 1. The molecule has 44 heavy (non-hydrogen) atoms. The second-order valence-corrected chi connectivity index (χ2v) is 10.4. The van der Waals surface area contributed by atoms with Gasteiger partial charge in [0.1, 0.15) is 28.9 Å². The number of hydrogen-bond acceptors (Lipinski definition) is 8.